The molecule has 0 atom stereocenters. The number of nitrogens with two attached hydrogens (primary N) is 1. The molecule has 8 nitrogen and oxygen atoms in total. The summed E-state index contributed by atoms with van der Waals surface area (Å²) in [6, 6.07) is 24.6. The molecule has 0 saturated heterocycles. The SMILES string of the molecule is NS(=O)(=O)c1ccc(-c2nc(NCc3ccccn3)c3c(-c4ccccc4)cccc3n2)nc1. The molecule has 9 heteroatoms. The van der Waals surface area contributed by atoms with Crippen LogP contribution in [0.15, 0.2) is 96.2 Å². The van der Waals surface area contributed by atoms with Gasteiger partial charge in [-0.2, -0.15) is 0 Å². The van der Waals surface area contributed by atoms with Crippen molar-refractivity contribution in [3.8, 4) is 22.6 Å². The molecule has 0 bridgehead atoms. The molecule has 0 aliphatic heterocycles. The lowest BCUT2D eigenvalue weighted by molar-refractivity contribution is 0.597. The minimum atomic E-state index is -3.84. The van der Waals surface area contributed by atoms with Crippen LogP contribution in [0.3, 0.4) is 0 Å². The van der Waals surface area contributed by atoms with E-state index in [2.05, 4.69) is 15.3 Å². The standard InChI is InChI=1S/C25H20N6O2S/c26-34(32,33)19-12-13-22(28-16-19)24-30-21-11-6-10-20(17-7-2-1-3-8-17)23(21)25(31-24)29-15-18-9-4-5-14-27-18/h1-14,16H,15H2,(H2,26,32,33)(H,29,30,31). The maximum atomic E-state index is 11.6. The van der Waals surface area contributed by atoms with E-state index in [1.54, 1.807) is 12.3 Å². The summed E-state index contributed by atoms with van der Waals surface area (Å²) in [5.74, 6) is 0.990. The molecule has 0 radical (unpaired) electrons. The molecular weight excluding hydrogens is 448 g/mol. The molecule has 34 heavy (non-hydrogen) atoms. The number of hydrogen-bond acceptors (Lipinski definition) is 7. The lowest BCUT2D eigenvalue weighted by Crippen LogP contribution is -2.12. The fourth-order valence-electron chi connectivity index (χ4n) is 3.64. The van der Waals surface area contributed by atoms with Gasteiger partial charge in [-0.3, -0.25) is 9.97 Å². The van der Waals surface area contributed by atoms with Gasteiger partial charge in [0.15, 0.2) is 5.82 Å². The molecule has 0 spiro atoms. The van der Waals surface area contributed by atoms with Crippen LogP contribution in [-0.2, 0) is 16.6 Å². The molecule has 3 heterocycles. The first-order valence-corrected chi connectivity index (χ1v) is 12.0. The molecule has 5 aromatic rings. The third kappa shape index (κ3) is 4.47. The second kappa shape index (κ2) is 8.97. The number of fused-ring (bicyclic) bond motifs is 1. The Morgan fingerprint density at radius 2 is 1.65 bits per heavy atom. The summed E-state index contributed by atoms with van der Waals surface area (Å²) in [6.07, 6.45) is 2.95. The van der Waals surface area contributed by atoms with Crippen molar-refractivity contribution in [2.24, 2.45) is 5.14 Å². The van der Waals surface area contributed by atoms with Crippen molar-refractivity contribution >= 4 is 26.7 Å². The molecule has 0 aliphatic rings. The second-order valence-corrected chi connectivity index (χ2v) is 9.12. The highest BCUT2D eigenvalue weighted by Gasteiger charge is 2.16. The van der Waals surface area contributed by atoms with E-state index in [1.807, 2.05) is 66.7 Å². The van der Waals surface area contributed by atoms with Gasteiger partial charge in [-0.15, -0.1) is 0 Å². The van der Waals surface area contributed by atoms with Crippen molar-refractivity contribution < 1.29 is 8.42 Å². The van der Waals surface area contributed by atoms with Gasteiger partial charge in [-0.05, 0) is 41.5 Å². The van der Waals surface area contributed by atoms with E-state index in [0.717, 1.165) is 27.7 Å². The fourth-order valence-corrected chi connectivity index (χ4v) is 4.10. The predicted octanol–water partition coefficient (Wildman–Crippen LogP) is 4.01. The van der Waals surface area contributed by atoms with E-state index >= 15 is 0 Å². The van der Waals surface area contributed by atoms with Crippen molar-refractivity contribution in [2.75, 3.05) is 5.32 Å². The van der Waals surface area contributed by atoms with Gasteiger partial charge in [0, 0.05) is 12.4 Å². The van der Waals surface area contributed by atoms with E-state index in [1.165, 1.54) is 12.3 Å². The number of pyridine rings is 2. The molecule has 168 valence electrons. The highest BCUT2D eigenvalue weighted by Crippen LogP contribution is 2.34. The Labute approximate surface area is 196 Å². The molecule has 5 rings (SSSR count). The second-order valence-electron chi connectivity index (χ2n) is 7.56. The number of hydrogen-bond donors (Lipinski definition) is 2. The minimum Gasteiger partial charge on any atom is -0.364 e. The van der Waals surface area contributed by atoms with Crippen molar-refractivity contribution in [3.05, 3.63) is 97.0 Å². The number of aromatic nitrogens is 4. The average molecular weight is 469 g/mol. The summed E-state index contributed by atoms with van der Waals surface area (Å²) in [5.41, 5.74) is 4.06. The summed E-state index contributed by atoms with van der Waals surface area (Å²) in [7, 11) is -3.84. The number of anilines is 1. The van der Waals surface area contributed by atoms with Gasteiger partial charge in [0.25, 0.3) is 0 Å². The van der Waals surface area contributed by atoms with Gasteiger partial charge >= 0.3 is 0 Å². The molecule has 0 aliphatic carbocycles. The Hall–Kier alpha value is -4.21. The van der Waals surface area contributed by atoms with Crippen LogP contribution in [0.1, 0.15) is 5.69 Å². The predicted molar refractivity (Wildman–Crippen MR) is 131 cm³/mol. The molecule has 0 unspecified atom stereocenters. The topological polar surface area (TPSA) is 124 Å². The van der Waals surface area contributed by atoms with Crippen LogP contribution in [0.5, 0.6) is 0 Å². The molecule has 0 saturated carbocycles. The fraction of sp³-hybridized carbons (Fsp3) is 0.0400. The maximum absolute atomic E-state index is 11.6. The van der Waals surface area contributed by atoms with Crippen molar-refractivity contribution in [1.82, 2.24) is 19.9 Å². The summed E-state index contributed by atoms with van der Waals surface area (Å²) < 4.78 is 23.2. The van der Waals surface area contributed by atoms with E-state index in [0.29, 0.717) is 23.9 Å². The summed E-state index contributed by atoms with van der Waals surface area (Å²) in [5, 5.41) is 9.47. The van der Waals surface area contributed by atoms with E-state index in [-0.39, 0.29) is 4.90 Å². The van der Waals surface area contributed by atoms with Gasteiger partial charge in [-0.25, -0.2) is 23.5 Å². The Morgan fingerprint density at radius 1 is 0.824 bits per heavy atom. The Kier molecular flexibility index (Phi) is 5.70. The zero-order valence-electron chi connectivity index (χ0n) is 18.0. The van der Waals surface area contributed by atoms with E-state index < -0.39 is 10.0 Å². The van der Waals surface area contributed by atoms with Crippen molar-refractivity contribution in [3.63, 3.8) is 0 Å². The van der Waals surface area contributed by atoms with Gasteiger partial charge in [-0.1, -0.05) is 48.5 Å². The number of primary sulfonamides is 1. The number of sulfonamides is 1. The van der Waals surface area contributed by atoms with Gasteiger partial charge in [0.05, 0.1) is 23.1 Å². The third-order valence-electron chi connectivity index (χ3n) is 5.27. The number of rotatable bonds is 6. The zero-order valence-corrected chi connectivity index (χ0v) is 18.8. The van der Waals surface area contributed by atoms with E-state index in [4.69, 9.17) is 15.1 Å². The highest BCUT2D eigenvalue weighted by molar-refractivity contribution is 7.89. The number of nitrogens with one attached hydrogen (secondary N) is 1. The Bertz CT molecular complexity index is 1560. The van der Waals surface area contributed by atoms with Gasteiger partial charge in [0.2, 0.25) is 10.0 Å². The first-order chi connectivity index (χ1) is 16.5. The first-order valence-electron chi connectivity index (χ1n) is 10.5. The van der Waals surface area contributed by atoms with Crippen LogP contribution in [0.2, 0.25) is 0 Å². The minimum absolute atomic E-state index is 0.0723. The van der Waals surface area contributed by atoms with Crippen LogP contribution >= 0.6 is 0 Å². The summed E-state index contributed by atoms with van der Waals surface area (Å²) >= 11 is 0. The lowest BCUT2D eigenvalue weighted by atomic mass is 10.0. The van der Waals surface area contributed by atoms with Crippen LogP contribution < -0.4 is 10.5 Å². The Balaban J connectivity index is 1.65. The molecular formula is C25H20N6O2S. The molecule has 2 aromatic carbocycles. The number of nitrogens with zero attached hydrogens (tertiary/aromatic N) is 4. The van der Waals surface area contributed by atoms with Gasteiger partial charge in [0.1, 0.15) is 16.4 Å². The first kappa shape index (κ1) is 21.6. The van der Waals surface area contributed by atoms with Crippen LogP contribution in [0, 0.1) is 0 Å². The summed E-state index contributed by atoms with van der Waals surface area (Å²) in [6.45, 7) is 0.466. The lowest BCUT2D eigenvalue weighted by Gasteiger charge is -2.14. The van der Waals surface area contributed by atoms with Crippen LogP contribution in [0.4, 0.5) is 5.82 Å². The van der Waals surface area contributed by atoms with Crippen molar-refractivity contribution in [1.29, 1.82) is 0 Å². The largest absolute Gasteiger partial charge is 0.364 e. The Morgan fingerprint density at radius 3 is 2.35 bits per heavy atom. The molecule has 3 aromatic heterocycles. The highest BCUT2D eigenvalue weighted by atomic mass is 32.2. The van der Waals surface area contributed by atoms with Crippen LogP contribution in [-0.4, -0.2) is 28.4 Å². The normalized spacial score (nSPS) is 11.4. The van der Waals surface area contributed by atoms with Crippen molar-refractivity contribution in [2.45, 2.75) is 11.4 Å². The monoisotopic (exact) mass is 468 g/mol. The zero-order chi connectivity index (χ0) is 23.5. The number of benzene rings is 2. The molecule has 3 N–H and O–H groups in total. The van der Waals surface area contributed by atoms with Crippen LogP contribution in [0.25, 0.3) is 33.5 Å². The molecule has 0 amide bonds. The van der Waals surface area contributed by atoms with E-state index in [9.17, 15) is 8.42 Å². The average Bonchev–Trinajstić information content (AvgIpc) is 2.87. The quantitative estimate of drug-likeness (QED) is 0.386. The maximum Gasteiger partial charge on any atom is 0.239 e. The van der Waals surface area contributed by atoms with Gasteiger partial charge < -0.3 is 5.32 Å². The summed E-state index contributed by atoms with van der Waals surface area (Å²) in [4.78, 5) is 18.0. The third-order valence-corrected chi connectivity index (χ3v) is 6.16. The molecule has 0 fully saturated rings. The smallest absolute Gasteiger partial charge is 0.239 e.